The van der Waals surface area contributed by atoms with Crippen molar-refractivity contribution in [2.45, 2.75) is 20.4 Å². The minimum absolute atomic E-state index is 0.124. The van der Waals surface area contributed by atoms with E-state index in [1.165, 1.54) is 5.56 Å². The highest BCUT2D eigenvalue weighted by molar-refractivity contribution is 6.08. The van der Waals surface area contributed by atoms with Crippen molar-refractivity contribution in [3.63, 3.8) is 0 Å². The predicted octanol–water partition coefficient (Wildman–Crippen LogP) is 3.64. The molecule has 6 nitrogen and oxygen atoms in total. The summed E-state index contributed by atoms with van der Waals surface area (Å²) in [7, 11) is 0. The zero-order chi connectivity index (χ0) is 20.2. The van der Waals surface area contributed by atoms with Crippen LogP contribution >= 0.6 is 0 Å². The molecule has 1 fully saturated rings. The number of nitrogens with zero attached hydrogens (tertiary/aromatic N) is 3. The first kappa shape index (κ1) is 19.2. The van der Waals surface area contributed by atoms with Crippen LogP contribution in [0.4, 0.5) is 11.5 Å². The quantitative estimate of drug-likeness (QED) is 0.723. The Balaban J connectivity index is 1.57. The summed E-state index contributed by atoms with van der Waals surface area (Å²) in [6, 6.07) is 16.1. The van der Waals surface area contributed by atoms with E-state index in [4.69, 9.17) is 4.74 Å². The van der Waals surface area contributed by atoms with Gasteiger partial charge in [0.25, 0.3) is 5.91 Å². The molecule has 1 amide bonds. The van der Waals surface area contributed by atoms with Gasteiger partial charge < -0.3 is 15.0 Å². The molecule has 1 N–H and O–H groups in total. The zero-order valence-electron chi connectivity index (χ0n) is 16.9. The lowest BCUT2D eigenvalue weighted by Gasteiger charge is -2.30. The van der Waals surface area contributed by atoms with Gasteiger partial charge in [0.15, 0.2) is 0 Å². The molecule has 1 aliphatic rings. The van der Waals surface area contributed by atoms with Crippen LogP contribution < -0.4 is 10.2 Å². The molecule has 2 heterocycles. The summed E-state index contributed by atoms with van der Waals surface area (Å²) in [6.07, 6.45) is 1.79. The molecule has 2 aromatic carbocycles. The molecule has 150 valence electrons. The molecule has 0 spiro atoms. The number of para-hydroxylation sites is 1. The minimum atomic E-state index is -0.124. The Hall–Kier alpha value is -3.12. The first-order valence-corrected chi connectivity index (χ1v) is 9.93. The van der Waals surface area contributed by atoms with E-state index < -0.39 is 0 Å². The molecule has 0 saturated carbocycles. The number of rotatable bonds is 5. The number of morpholine rings is 1. The van der Waals surface area contributed by atoms with Crippen LogP contribution in [0.25, 0.3) is 0 Å². The van der Waals surface area contributed by atoms with Crippen molar-refractivity contribution in [1.29, 1.82) is 0 Å². The fraction of sp³-hybridized carbons (Fsp3) is 0.304. The summed E-state index contributed by atoms with van der Waals surface area (Å²) < 4.78 is 7.30. The van der Waals surface area contributed by atoms with E-state index in [1.807, 2.05) is 41.9 Å². The lowest BCUT2D eigenvalue weighted by atomic mass is 10.1. The summed E-state index contributed by atoms with van der Waals surface area (Å²) in [4.78, 5) is 15.4. The van der Waals surface area contributed by atoms with E-state index in [2.05, 4.69) is 40.4 Å². The Labute approximate surface area is 171 Å². The molecular weight excluding hydrogens is 364 g/mol. The second-order valence-electron chi connectivity index (χ2n) is 7.39. The van der Waals surface area contributed by atoms with E-state index in [-0.39, 0.29) is 5.91 Å². The molecule has 6 heteroatoms. The van der Waals surface area contributed by atoms with Crippen LogP contribution in [0.1, 0.15) is 27.0 Å². The number of ether oxygens (including phenoxy) is 1. The number of amides is 1. The Morgan fingerprint density at radius 3 is 2.69 bits per heavy atom. The second-order valence-corrected chi connectivity index (χ2v) is 7.39. The maximum atomic E-state index is 13.2. The summed E-state index contributed by atoms with van der Waals surface area (Å²) in [6.45, 7) is 7.57. The molecule has 29 heavy (non-hydrogen) atoms. The normalized spacial score (nSPS) is 14.1. The molecule has 0 bridgehead atoms. The average molecular weight is 390 g/mol. The standard InChI is InChI=1S/C23H26N4O2/c1-17-6-5-7-19(14-17)16-27-22(18(2)15-24-27)25-23(28)20-8-3-4-9-21(20)26-10-12-29-13-11-26/h3-9,14-15H,10-13,16H2,1-2H3,(H,25,28). The van der Waals surface area contributed by atoms with E-state index in [0.29, 0.717) is 25.3 Å². The van der Waals surface area contributed by atoms with Gasteiger partial charge in [-0.25, -0.2) is 4.68 Å². The maximum absolute atomic E-state index is 13.2. The van der Waals surface area contributed by atoms with Gasteiger partial charge in [0.2, 0.25) is 0 Å². The molecule has 3 aromatic rings. The van der Waals surface area contributed by atoms with Gasteiger partial charge in [-0.15, -0.1) is 0 Å². The largest absolute Gasteiger partial charge is 0.378 e. The van der Waals surface area contributed by atoms with Gasteiger partial charge in [-0.3, -0.25) is 4.79 Å². The lowest BCUT2D eigenvalue weighted by molar-refractivity contribution is 0.102. The van der Waals surface area contributed by atoms with E-state index in [9.17, 15) is 4.79 Å². The van der Waals surface area contributed by atoms with Crippen LogP contribution in [0, 0.1) is 13.8 Å². The van der Waals surface area contributed by atoms with Crippen LogP contribution in [0.5, 0.6) is 0 Å². The third-order valence-electron chi connectivity index (χ3n) is 5.17. The summed E-state index contributed by atoms with van der Waals surface area (Å²) >= 11 is 0. The van der Waals surface area contributed by atoms with Crippen molar-refractivity contribution in [1.82, 2.24) is 9.78 Å². The first-order chi connectivity index (χ1) is 14.1. The smallest absolute Gasteiger partial charge is 0.258 e. The summed E-state index contributed by atoms with van der Waals surface area (Å²) in [5.74, 6) is 0.606. The third-order valence-corrected chi connectivity index (χ3v) is 5.17. The van der Waals surface area contributed by atoms with Crippen LogP contribution in [-0.2, 0) is 11.3 Å². The monoisotopic (exact) mass is 390 g/mol. The van der Waals surface area contributed by atoms with Crippen LogP contribution in [0.2, 0.25) is 0 Å². The van der Waals surface area contributed by atoms with Gasteiger partial charge in [0.1, 0.15) is 5.82 Å². The molecule has 4 rings (SSSR count). The molecular formula is C23H26N4O2. The molecule has 1 aliphatic heterocycles. The maximum Gasteiger partial charge on any atom is 0.258 e. The fourth-order valence-electron chi connectivity index (χ4n) is 3.67. The molecule has 0 radical (unpaired) electrons. The van der Waals surface area contributed by atoms with Crippen molar-refractivity contribution in [3.05, 3.63) is 77.0 Å². The van der Waals surface area contributed by atoms with E-state index >= 15 is 0 Å². The first-order valence-electron chi connectivity index (χ1n) is 9.93. The van der Waals surface area contributed by atoms with Gasteiger partial charge in [0.05, 0.1) is 31.5 Å². The topological polar surface area (TPSA) is 59.4 Å². The van der Waals surface area contributed by atoms with Gasteiger partial charge >= 0.3 is 0 Å². The number of benzene rings is 2. The number of hydrogen-bond acceptors (Lipinski definition) is 4. The zero-order valence-corrected chi connectivity index (χ0v) is 16.9. The van der Waals surface area contributed by atoms with E-state index in [0.717, 1.165) is 35.7 Å². The number of anilines is 2. The van der Waals surface area contributed by atoms with Gasteiger partial charge in [-0.05, 0) is 31.5 Å². The Kier molecular flexibility index (Phi) is 5.62. The van der Waals surface area contributed by atoms with Gasteiger partial charge in [0, 0.05) is 24.3 Å². The SMILES string of the molecule is Cc1cccc(Cn2ncc(C)c2NC(=O)c2ccccc2N2CCOCC2)c1. The Morgan fingerprint density at radius 1 is 1.10 bits per heavy atom. The number of carbonyl (C=O) groups is 1. The molecule has 0 atom stereocenters. The third kappa shape index (κ3) is 4.32. The van der Waals surface area contributed by atoms with Crippen molar-refractivity contribution in [2.24, 2.45) is 0 Å². The van der Waals surface area contributed by atoms with Gasteiger partial charge in [-0.1, -0.05) is 42.0 Å². The number of hydrogen-bond donors (Lipinski definition) is 1. The Bertz CT molecular complexity index is 1010. The van der Waals surface area contributed by atoms with Crippen molar-refractivity contribution in [3.8, 4) is 0 Å². The van der Waals surface area contributed by atoms with E-state index in [1.54, 1.807) is 6.20 Å². The number of carbonyl (C=O) groups excluding carboxylic acids is 1. The van der Waals surface area contributed by atoms with Crippen LogP contribution in [0.3, 0.4) is 0 Å². The van der Waals surface area contributed by atoms with Crippen molar-refractivity contribution < 1.29 is 9.53 Å². The highest BCUT2D eigenvalue weighted by Gasteiger charge is 2.20. The average Bonchev–Trinajstić information content (AvgIpc) is 3.08. The van der Waals surface area contributed by atoms with Gasteiger partial charge in [-0.2, -0.15) is 5.10 Å². The van der Waals surface area contributed by atoms with Crippen molar-refractivity contribution in [2.75, 3.05) is 36.5 Å². The lowest BCUT2D eigenvalue weighted by Crippen LogP contribution is -2.37. The van der Waals surface area contributed by atoms with Crippen molar-refractivity contribution >= 4 is 17.4 Å². The van der Waals surface area contributed by atoms with Crippen LogP contribution in [0.15, 0.2) is 54.7 Å². The number of aromatic nitrogens is 2. The highest BCUT2D eigenvalue weighted by atomic mass is 16.5. The molecule has 1 saturated heterocycles. The highest BCUT2D eigenvalue weighted by Crippen LogP contribution is 2.24. The summed E-state index contributed by atoms with van der Waals surface area (Å²) in [5, 5.41) is 7.57. The molecule has 0 aliphatic carbocycles. The molecule has 1 aromatic heterocycles. The fourth-order valence-corrected chi connectivity index (χ4v) is 3.67. The minimum Gasteiger partial charge on any atom is -0.378 e. The number of aryl methyl sites for hydroxylation is 2. The molecule has 0 unspecified atom stereocenters. The second kappa shape index (κ2) is 8.49. The predicted molar refractivity (Wildman–Crippen MR) is 115 cm³/mol. The number of nitrogens with one attached hydrogen (secondary N) is 1. The Morgan fingerprint density at radius 2 is 1.90 bits per heavy atom. The summed E-state index contributed by atoms with van der Waals surface area (Å²) in [5.41, 5.74) is 4.90. The van der Waals surface area contributed by atoms with Crippen LogP contribution in [-0.4, -0.2) is 42.0 Å².